The van der Waals surface area contributed by atoms with Crippen LogP contribution in [0.5, 0.6) is 0 Å². The van der Waals surface area contributed by atoms with E-state index in [2.05, 4.69) is 12.2 Å². The van der Waals surface area contributed by atoms with Gasteiger partial charge in [0.25, 0.3) is 0 Å². The van der Waals surface area contributed by atoms with E-state index >= 15 is 0 Å². The molecule has 0 amide bonds. The van der Waals surface area contributed by atoms with Crippen molar-refractivity contribution in [2.24, 2.45) is 0 Å². The fraction of sp³-hybridized carbons (Fsp3) is 0.571. The van der Waals surface area contributed by atoms with Crippen LogP contribution in [0.2, 0.25) is 0 Å². The summed E-state index contributed by atoms with van der Waals surface area (Å²) >= 11 is 0. The highest BCUT2D eigenvalue weighted by Crippen LogP contribution is 2.36. The molecule has 0 radical (unpaired) electrons. The SMILES string of the molecule is CCNC1CCC(c2ccc(C(F)(F)F)cc2)C1. The molecule has 0 spiro atoms. The lowest BCUT2D eigenvalue weighted by Crippen LogP contribution is -2.25. The third-order valence-electron chi connectivity index (χ3n) is 3.63. The van der Waals surface area contributed by atoms with Crippen molar-refractivity contribution in [3.05, 3.63) is 35.4 Å². The highest BCUT2D eigenvalue weighted by Gasteiger charge is 2.31. The second-order valence-electron chi connectivity index (χ2n) is 4.88. The van der Waals surface area contributed by atoms with Gasteiger partial charge in [-0.25, -0.2) is 0 Å². The first-order valence-electron chi connectivity index (χ1n) is 6.41. The van der Waals surface area contributed by atoms with E-state index in [0.717, 1.165) is 31.4 Å². The van der Waals surface area contributed by atoms with E-state index in [-0.39, 0.29) is 0 Å². The smallest absolute Gasteiger partial charge is 0.314 e. The summed E-state index contributed by atoms with van der Waals surface area (Å²) in [5.74, 6) is 0.399. The van der Waals surface area contributed by atoms with Crippen LogP contribution >= 0.6 is 0 Å². The Morgan fingerprint density at radius 2 is 1.83 bits per heavy atom. The lowest BCUT2D eigenvalue weighted by atomic mass is 9.96. The second kappa shape index (κ2) is 5.31. The molecular formula is C14H18F3N. The van der Waals surface area contributed by atoms with Gasteiger partial charge in [0.05, 0.1) is 5.56 Å². The highest BCUT2D eigenvalue weighted by atomic mass is 19.4. The van der Waals surface area contributed by atoms with Crippen LogP contribution in [0.4, 0.5) is 13.2 Å². The number of halogens is 3. The standard InChI is InChI=1S/C14H18F3N/c1-2-18-13-8-5-11(9-13)10-3-6-12(7-4-10)14(15,16)17/h3-4,6-7,11,13,18H,2,5,8-9H2,1H3. The minimum Gasteiger partial charge on any atom is -0.314 e. The Morgan fingerprint density at radius 3 is 2.39 bits per heavy atom. The van der Waals surface area contributed by atoms with Gasteiger partial charge in [-0.15, -0.1) is 0 Å². The first-order valence-corrected chi connectivity index (χ1v) is 6.41. The quantitative estimate of drug-likeness (QED) is 0.864. The van der Waals surface area contributed by atoms with Crippen LogP contribution in [0.15, 0.2) is 24.3 Å². The topological polar surface area (TPSA) is 12.0 Å². The van der Waals surface area contributed by atoms with Crippen LogP contribution in [-0.4, -0.2) is 12.6 Å². The number of rotatable bonds is 3. The molecule has 1 saturated carbocycles. The van der Waals surface area contributed by atoms with Crippen LogP contribution < -0.4 is 5.32 Å². The van der Waals surface area contributed by atoms with Crippen LogP contribution in [0.25, 0.3) is 0 Å². The molecule has 1 nitrogen and oxygen atoms in total. The zero-order chi connectivity index (χ0) is 13.2. The van der Waals surface area contributed by atoms with Crippen molar-refractivity contribution in [1.29, 1.82) is 0 Å². The molecule has 1 aromatic rings. The van der Waals surface area contributed by atoms with Crippen molar-refractivity contribution in [3.63, 3.8) is 0 Å². The van der Waals surface area contributed by atoms with Crippen LogP contribution in [-0.2, 0) is 6.18 Å². The molecular weight excluding hydrogens is 239 g/mol. The van der Waals surface area contributed by atoms with Gasteiger partial charge in [-0.2, -0.15) is 13.2 Å². The molecule has 1 aliphatic carbocycles. The summed E-state index contributed by atoms with van der Waals surface area (Å²) in [6, 6.07) is 6.15. The molecule has 1 aromatic carbocycles. The molecule has 1 N–H and O–H groups in total. The third-order valence-corrected chi connectivity index (χ3v) is 3.63. The van der Waals surface area contributed by atoms with Gasteiger partial charge in [0.1, 0.15) is 0 Å². The third kappa shape index (κ3) is 3.05. The van der Waals surface area contributed by atoms with E-state index in [4.69, 9.17) is 0 Å². The number of alkyl halides is 3. The molecule has 1 aliphatic rings. The zero-order valence-electron chi connectivity index (χ0n) is 10.4. The normalized spacial score (nSPS) is 24.4. The van der Waals surface area contributed by atoms with Gasteiger partial charge in [-0.3, -0.25) is 0 Å². The largest absolute Gasteiger partial charge is 0.416 e. The monoisotopic (exact) mass is 257 g/mol. The van der Waals surface area contributed by atoms with Crippen LogP contribution in [0.3, 0.4) is 0 Å². The molecule has 0 bridgehead atoms. The van der Waals surface area contributed by atoms with Crippen molar-refractivity contribution in [3.8, 4) is 0 Å². The van der Waals surface area contributed by atoms with Crippen molar-refractivity contribution >= 4 is 0 Å². The van der Waals surface area contributed by atoms with E-state index in [9.17, 15) is 13.2 Å². The van der Waals surface area contributed by atoms with Gasteiger partial charge >= 0.3 is 6.18 Å². The van der Waals surface area contributed by atoms with Crippen molar-refractivity contribution in [2.75, 3.05) is 6.54 Å². The maximum Gasteiger partial charge on any atom is 0.416 e. The highest BCUT2D eigenvalue weighted by molar-refractivity contribution is 5.28. The fourth-order valence-corrected chi connectivity index (χ4v) is 2.70. The molecule has 0 heterocycles. The average Bonchev–Trinajstić information content (AvgIpc) is 2.77. The Labute approximate surface area is 105 Å². The van der Waals surface area contributed by atoms with E-state index in [1.54, 1.807) is 12.1 Å². The molecule has 1 fully saturated rings. The lowest BCUT2D eigenvalue weighted by molar-refractivity contribution is -0.137. The summed E-state index contributed by atoms with van der Waals surface area (Å²) in [4.78, 5) is 0. The number of nitrogens with one attached hydrogen (secondary N) is 1. The van der Waals surface area contributed by atoms with Gasteiger partial charge in [0.15, 0.2) is 0 Å². The maximum absolute atomic E-state index is 12.4. The van der Waals surface area contributed by atoms with Gasteiger partial charge in [0.2, 0.25) is 0 Å². The molecule has 0 saturated heterocycles. The molecule has 100 valence electrons. The van der Waals surface area contributed by atoms with Crippen molar-refractivity contribution in [1.82, 2.24) is 5.32 Å². The first-order chi connectivity index (χ1) is 8.50. The Balaban J connectivity index is 2.03. The molecule has 0 aliphatic heterocycles. The minimum atomic E-state index is -4.24. The summed E-state index contributed by atoms with van der Waals surface area (Å²) in [6.45, 7) is 3.02. The molecule has 0 aromatic heterocycles. The van der Waals surface area contributed by atoms with Gasteiger partial charge < -0.3 is 5.32 Å². The summed E-state index contributed by atoms with van der Waals surface area (Å²) in [7, 11) is 0. The van der Waals surface area contributed by atoms with E-state index < -0.39 is 11.7 Å². The van der Waals surface area contributed by atoms with E-state index in [1.165, 1.54) is 12.1 Å². The Bertz CT molecular complexity index is 383. The summed E-state index contributed by atoms with van der Waals surface area (Å²) < 4.78 is 37.3. The first kappa shape index (κ1) is 13.4. The molecule has 2 atom stereocenters. The molecule has 4 heteroatoms. The lowest BCUT2D eigenvalue weighted by Gasteiger charge is -2.13. The number of hydrogen-bond acceptors (Lipinski definition) is 1. The Hall–Kier alpha value is -1.03. The van der Waals surface area contributed by atoms with Crippen LogP contribution in [0, 0.1) is 0 Å². The predicted octanol–water partition coefficient (Wildman–Crippen LogP) is 3.95. The fourth-order valence-electron chi connectivity index (χ4n) is 2.70. The van der Waals surface area contributed by atoms with E-state index in [1.807, 2.05) is 0 Å². The van der Waals surface area contributed by atoms with Gasteiger partial charge in [-0.1, -0.05) is 19.1 Å². The van der Waals surface area contributed by atoms with E-state index in [0.29, 0.717) is 12.0 Å². The number of hydrogen-bond donors (Lipinski definition) is 1. The van der Waals surface area contributed by atoms with Crippen molar-refractivity contribution in [2.45, 2.75) is 44.3 Å². The summed E-state index contributed by atoms with van der Waals surface area (Å²) in [5, 5.41) is 3.40. The molecule has 18 heavy (non-hydrogen) atoms. The number of benzene rings is 1. The summed E-state index contributed by atoms with van der Waals surface area (Å²) in [5.41, 5.74) is 0.468. The van der Waals surface area contributed by atoms with Crippen LogP contribution in [0.1, 0.15) is 43.2 Å². The van der Waals surface area contributed by atoms with Gasteiger partial charge in [-0.05, 0) is 49.4 Å². The Morgan fingerprint density at radius 1 is 1.17 bits per heavy atom. The Kier molecular flexibility index (Phi) is 3.95. The molecule has 2 unspecified atom stereocenters. The summed E-state index contributed by atoms with van der Waals surface area (Å²) in [6.07, 6.45) is -1.04. The van der Waals surface area contributed by atoms with Gasteiger partial charge in [0, 0.05) is 6.04 Å². The second-order valence-corrected chi connectivity index (χ2v) is 4.88. The average molecular weight is 257 g/mol. The zero-order valence-corrected chi connectivity index (χ0v) is 10.4. The molecule has 2 rings (SSSR count). The minimum absolute atomic E-state index is 0.399. The maximum atomic E-state index is 12.4. The van der Waals surface area contributed by atoms with Crippen molar-refractivity contribution < 1.29 is 13.2 Å². The predicted molar refractivity (Wildman–Crippen MR) is 65.5 cm³/mol.